The van der Waals surface area contributed by atoms with Crippen LogP contribution in [-0.4, -0.2) is 37.2 Å². The molecule has 0 bridgehead atoms. The van der Waals surface area contributed by atoms with E-state index in [0.717, 1.165) is 76.0 Å². The van der Waals surface area contributed by atoms with Gasteiger partial charge in [0.25, 0.3) is 0 Å². The van der Waals surface area contributed by atoms with E-state index in [0.29, 0.717) is 19.3 Å². The predicted molar refractivity (Wildman–Crippen MR) is 215 cm³/mol. The summed E-state index contributed by atoms with van der Waals surface area (Å²) >= 11 is 0. The first-order chi connectivity index (χ1) is 24.8. The van der Waals surface area contributed by atoms with Crippen LogP contribution in [0, 0.1) is 11.8 Å². The smallest absolute Gasteiger partial charge is 0.306 e. The number of rotatable bonds is 39. The SMILES string of the molecule is CCCCCCCC(=O)OC[C@@H](COC(=O)CCCCCCCCCCCCCCCCCC(C)C)OC(=O)CCCCCCCCC(C)CC. The van der Waals surface area contributed by atoms with Gasteiger partial charge >= 0.3 is 17.9 Å². The Bertz CT molecular complexity index is 781. The molecule has 0 aliphatic heterocycles. The van der Waals surface area contributed by atoms with Gasteiger partial charge in [0.1, 0.15) is 13.2 Å². The van der Waals surface area contributed by atoms with Crippen LogP contribution < -0.4 is 0 Å². The molecule has 0 aromatic heterocycles. The molecule has 1 unspecified atom stereocenters. The van der Waals surface area contributed by atoms with Crippen molar-refractivity contribution < 1.29 is 28.6 Å². The molecule has 0 aromatic rings. The molecule has 0 aliphatic carbocycles. The second-order valence-electron chi connectivity index (χ2n) is 16.1. The summed E-state index contributed by atoms with van der Waals surface area (Å²) in [5.41, 5.74) is 0. The molecule has 0 N–H and O–H groups in total. The van der Waals surface area contributed by atoms with E-state index >= 15 is 0 Å². The summed E-state index contributed by atoms with van der Waals surface area (Å²) in [5, 5.41) is 0. The quantitative estimate of drug-likeness (QED) is 0.0357. The van der Waals surface area contributed by atoms with Crippen molar-refractivity contribution in [3.8, 4) is 0 Å². The van der Waals surface area contributed by atoms with Crippen molar-refractivity contribution in [3.63, 3.8) is 0 Å². The molecule has 6 nitrogen and oxygen atoms in total. The van der Waals surface area contributed by atoms with Gasteiger partial charge in [-0.3, -0.25) is 14.4 Å². The maximum Gasteiger partial charge on any atom is 0.306 e. The van der Waals surface area contributed by atoms with Gasteiger partial charge in [-0.25, -0.2) is 0 Å². The number of hydrogen-bond donors (Lipinski definition) is 0. The molecule has 2 atom stereocenters. The fraction of sp³-hybridized carbons (Fsp3) is 0.933. The van der Waals surface area contributed by atoms with E-state index in [9.17, 15) is 14.4 Å². The van der Waals surface area contributed by atoms with Crippen molar-refractivity contribution >= 4 is 17.9 Å². The minimum atomic E-state index is -0.759. The van der Waals surface area contributed by atoms with Gasteiger partial charge in [-0.1, -0.05) is 202 Å². The Morgan fingerprint density at radius 2 is 0.745 bits per heavy atom. The number of unbranched alkanes of at least 4 members (excludes halogenated alkanes) is 23. The van der Waals surface area contributed by atoms with Crippen LogP contribution in [0.25, 0.3) is 0 Å². The molecule has 0 aliphatic rings. The summed E-state index contributed by atoms with van der Waals surface area (Å²) in [6.45, 7) is 11.2. The first kappa shape index (κ1) is 49.4. The molecule has 0 heterocycles. The highest BCUT2D eigenvalue weighted by molar-refractivity contribution is 5.71. The van der Waals surface area contributed by atoms with Crippen LogP contribution in [0.4, 0.5) is 0 Å². The number of esters is 3. The number of carbonyl (C=O) groups excluding carboxylic acids is 3. The number of carbonyl (C=O) groups is 3. The van der Waals surface area contributed by atoms with E-state index in [2.05, 4.69) is 34.6 Å². The summed E-state index contributed by atoms with van der Waals surface area (Å²) in [6.07, 6.45) is 35.5. The third-order valence-corrected chi connectivity index (χ3v) is 10.3. The van der Waals surface area contributed by atoms with E-state index < -0.39 is 6.10 Å². The van der Waals surface area contributed by atoms with Crippen molar-refractivity contribution in [1.82, 2.24) is 0 Å². The molecule has 6 heteroatoms. The highest BCUT2D eigenvalue weighted by atomic mass is 16.6. The Balaban J connectivity index is 4.13. The van der Waals surface area contributed by atoms with Gasteiger partial charge in [-0.05, 0) is 31.1 Å². The van der Waals surface area contributed by atoms with Crippen LogP contribution in [0.15, 0.2) is 0 Å². The minimum Gasteiger partial charge on any atom is -0.462 e. The Hall–Kier alpha value is -1.59. The average Bonchev–Trinajstić information content (AvgIpc) is 3.11. The van der Waals surface area contributed by atoms with E-state index in [1.807, 2.05) is 0 Å². The maximum absolute atomic E-state index is 12.6. The van der Waals surface area contributed by atoms with Gasteiger partial charge in [0.2, 0.25) is 0 Å². The molecule has 51 heavy (non-hydrogen) atoms. The zero-order valence-electron chi connectivity index (χ0n) is 34.7. The second kappa shape index (κ2) is 38.1. The molecule has 0 rings (SSSR count). The van der Waals surface area contributed by atoms with Gasteiger partial charge in [0.15, 0.2) is 6.10 Å². The van der Waals surface area contributed by atoms with Crippen LogP contribution in [0.2, 0.25) is 0 Å². The monoisotopic (exact) mass is 723 g/mol. The standard InChI is InChI=1S/C45H86O6/c1-6-8-9-23-30-35-43(46)49-38-42(51-45(48)37-32-27-22-21-25-29-34-41(5)7-2)39-50-44(47)36-31-26-20-18-16-14-12-10-11-13-15-17-19-24-28-33-40(3)4/h40-42H,6-39H2,1-5H3/t41?,42-/m0/s1. The molecule has 0 saturated carbocycles. The summed E-state index contributed by atoms with van der Waals surface area (Å²) in [5.74, 6) is 0.784. The summed E-state index contributed by atoms with van der Waals surface area (Å²) in [6, 6.07) is 0. The van der Waals surface area contributed by atoms with Crippen molar-refractivity contribution in [2.75, 3.05) is 13.2 Å². The number of hydrogen-bond acceptors (Lipinski definition) is 6. The molecule has 0 amide bonds. The zero-order valence-corrected chi connectivity index (χ0v) is 34.7. The van der Waals surface area contributed by atoms with E-state index in [-0.39, 0.29) is 31.1 Å². The van der Waals surface area contributed by atoms with Gasteiger partial charge in [-0.2, -0.15) is 0 Å². The Morgan fingerprint density at radius 3 is 1.12 bits per heavy atom. The van der Waals surface area contributed by atoms with Crippen molar-refractivity contribution in [2.45, 2.75) is 246 Å². The van der Waals surface area contributed by atoms with Gasteiger partial charge in [0, 0.05) is 19.3 Å². The van der Waals surface area contributed by atoms with Crippen molar-refractivity contribution in [2.24, 2.45) is 11.8 Å². The fourth-order valence-corrected chi connectivity index (χ4v) is 6.54. The van der Waals surface area contributed by atoms with Gasteiger partial charge in [0.05, 0.1) is 0 Å². The lowest BCUT2D eigenvalue weighted by Crippen LogP contribution is -2.30. The highest BCUT2D eigenvalue weighted by Crippen LogP contribution is 2.17. The summed E-state index contributed by atoms with van der Waals surface area (Å²) in [4.78, 5) is 37.4. The Labute approximate surface area is 317 Å². The molecular formula is C45H86O6. The van der Waals surface area contributed by atoms with E-state index in [1.165, 1.54) is 122 Å². The largest absolute Gasteiger partial charge is 0.462 e. The van der Waals surface area contributed by atoms with Crippen molar-refractivity contribution in [1.29, 1.82) is 0 Å². The molecule has 0 saturated heterocycles. The van der Waals surface area contributed by atoms with E-state index in [4.69, 9.17) is 14.2 Å². The van der Waals surface area contributed by atoms with Crippen LogP contribution in [0.5, 0.6) is 0 Å². The van der Waals surface area contributed by atoms with Crippen LogP contribution >= 0.6 is 0 Å². The van der Waals surface area contributed by atoms with Crippen molar-refractivity contribution in [3.05, 3.63) is 0 Å². The first-order valence-electron chi connectivity index (χ1n) is 22.3. The lowest BCUT2D eigenvalue weighted by Gasteiger charge is -2.18. The third-order valence-electron chi connectivity index (χ3n) is 10.3. The molecule has 0 aromatic carbocycles. The summed E-state index contributed by atoms with van der Waals surface area (Å²) in [7, 11) is 0. The molecule has 0 fully saturated rings. The topological polar surface area (TPSA) is 78.9 Å². The zero-order chi connectivity index (χ0) is 37.6. The van der Waals surface area contributed by atoms with E-state index in [1.54, 1.807) is 0 Å². The number of ether oxygens (including phenoxy) is 3. The Morgan fingerprint density at radius 1 is 0.412 bits per heavy atom. The van der Waals surface area contributed by atoms with Crippen LogP contribution in [-0.2, 0) is 28.6 Å². The highest BCUT2D eigenvalue weighted by Gasteiger charge is 2.19. The third kappa shape index (κ3) is 38.0. The normalized spacial score (nSPS) is 12.6. The maximum atomic E-state index is 12.6. The second-order valence-corrected chi connectivity index (χ2v) is 16.1. The summed E-state index contributed by atoms with van der Waals surface area (Å²) < 4.78 is 16.6. The molecule has 302 valence electrons. The molecular weight excluding hydrogens is 636 g/mol. The van der Waals surface area contributed by atoms with Gasteiger partial charge in [-0.15, -0.1) is 0 Å². The molecule has 0 spiro atoms. The lowest BCUT2D eigenvalue weighted by molar-refractivity contribution is -0.167. The van der Waals surface area contributed by atoms with Crippen LogP contribution in [0.1, 0.15) is 240 Å². The molecule has 0 radical (unpaired) electrons. The fourth-order valence-electron chi connectivity index (χ4n) is 6.54. The van der Waals surface area contributed by atoms with Gasteiger partial charge < -0.3 is 14.2 Å². The average molecular weight is 723 g/mol. The first-order valence-corrected chi connectivity index (χ1v) is 22.3. The Kier molecular flexibility index (Phi) is 37.0. The lowest BCUT2D eigenvalue weighted by atomic mass is 10.00. The van der Waals surface area contributed by atoms with Crippen LogP contribution in [0.3, 0.4) is 0 Å². The minimum absolute atomic E-state index is 0.0666. The predicted octanol–water partition coefficient (Wildman–Crippen LogP) is 13.8.